The van der Waals surface area contributed by atoms with Crippen LogP contribution in [0.1, 0.15) is 12.5 Å². The summed E-state index contributed by atoms with van der Waals surface area (Å²) in [5.41, 5.74) is 0.224. The van der Waals surface area contributed by atoms with Crippen molar-refractivity contribution < 1.29 is 27.4 Å². The van der Waals surface area contributed by atoms with Gasteiger partial charge in [0.2, 0.25) is 5.82 Å². The maximum atomic E-state index is 13.1. The third-order valence-electron chi connectivity index (χ3n) is 1.77. The molecule has 84 valence electrons. The minimum absolute atomic E-state index is 0.224. The molecule has 0 aromatic heterocycles. The van der Waals surface area contributed by atoms with E-state index in [0.717, 1.165) is 6.07 Å². The van der Waals surface area contributed by atoms with Crippen LogP contribution in [0.25, 0.3) is 0 Å². The van der Waals surface area contributed by atoms with Gasteiger partial charge in [-0.3, -0.25) is 0 Å². The monoisotopic (exact) mass is 224 g/mol. The standard InChI is InChI=1S/C9H8F4O2/c1-2-5-3-4-6(7(10)8(5)14)15-9(11,12)13/h3-4,14H,2H2,1H3. The zero-order valence-electron chi connectivity index (χ0n) is 7.73. The summed E-state index contributed by atoms with van der Waals surface area (Å²) in [5, 5.41) is 9.15. The van der Waals surface area contributed by atoms with E-state index in [1.54, 1.807) is 6.92 Å². The van der Waals surface area contributed by atoms with Crippen LogP contribution in [0.3, 0.4) is 0 Å². The number of halogens is 4. The Morgan fingerprint density at radius 2 is 1.93 bits per heavy atom. The van der Waals surface area contributed by atoms with Gasteiger partial charge in [0, 0.05) is 0 Å². The van der Waals surface area contributed by atoms with E-state index in [4.69, 9.17) is 5.11 Å². The highest BCUT2D eigenvalue weighted by molar-refractivity contribution is 5.41. The highest BCUT2D eigenvalue weighted by Gasteiger charge is 2.33. The molecule has 0 spiro atoms. The molecule has 1 aromatic rings. The van der Waals surface area contributed by atoms with Crippen LogP contribution in [0.15, 0.2) is 12.1 Å². The zero-order valence-corrected chi connectivity index (χ0v) is 7.73. The molecule has 0 aliphatic rings. The van der Waals surface area contributed by atoms with Gasteiger partial charge < -0.3 is 9.84 Å². The van der Waals surface area contributed by atoms with Crippen molar-refractivity contribution in [1.82, 2.24) is 0 Å². The van der Waals surface area contributed by atoms with Crippen LogP contribution in [-0.2, 0) is 6.42 Å². The Kier molecular flexibility index (Phi) is 3.06. The Morgan fingerprint density at radius 3 is 2.40 bits per heavy atom. The number of alkyl halides is 3. The topological polar surface area (TPSA) is 29.5 Å². The van der Waals surface area contributed by atoms with Crippen molar-refractivity contribution in [2.75, 3.05) is 0 Å². The van der Waals surface area contributed by atoms with Gasteiger partial charge in [-0.15, -0.1) is 13.2 Å². The Bertz CT molecular complexity index is 360. The first-order valence-electron chi connectivity index (χ1n) is 4.11. The molecule has 0 amide bonds. The normalized spacial score (nSPS) is 11.5. The molecule has 0 bridgehead atoms. The fraction of sp³-hybridized carbons (Fsp3) is 0.333. The van der Waals surface area contributed by atoms with Gasteiger partial charge in [-0.25, -0.2) is 0 Å². The third-order valence-corrected chi connectivity index (χ3v) is 1.77. The first-order chi connectivity index (χ1) is 6.85. The van der Waals surface area contributed by atoms with Crippen LogP contribution in [0, 0.1) is 5.82 Å². The van der Waals surface area contributed by atoms with Gasteiger partial charge in [-0.2, -0.15) is 4.39 Å². The Labute approximate surface area is 83.1 Å². The second-order valence-corrected chi connectivity index (χ2v) is 2.79. The zero-order chi connectivity index (χ0) is 11.6. The maximum absolute atomic E-state index is 13.1. The minimum Gasteiger partial charge on any atom is -0.505 e. The summed E-state index contributed by atoms with van der Waals surface area (Å²) in [6.07, 6.45) is -4.66. The lowest BCUT2D eigenvalue weighted by Gasteiger charge is -2.11. The molecule has 6 heteroatoms. The van der Waals surface area contributed by atoms with E-state index in [0.29, 0.717) is 6.42 Å². The molecule has 0 unspecified atom stereocenters. The van der Waals surface area contributed by atoms with Crippen molar-refractivity contribution in [3.8, 4) is 11.5 Å². The van der Waals surface area contributed by atoms with Gasteiger partial charge >= 0.3 is 6.36 Å². The lowest BCUT2D eigenvalue weighted by molar-refractivity contribution is -0.275. The summed E-state index contributed by atoms with van der Waals surface area (Å²) in [4.78, 5) is 0. The van der Waals surface area contributed by atoms with Crippen LogP contribution in [0.4, 0.5) is 17.6 Å². The predicted molar refractivity (Wildman–Crippen MR) is 44.1 cm³/mol. The minimum atomic E-state index is -4.97. The molecule has 1 N–H and O–H groups in total. The molecule has 15 heavy (non-hydrogen) atoms. The first kappa shape index (κ1) is 11.6. The van der Waals surface area contributed by atoms with E-state index in [1.165, 1.54) is 6.07 Å². The summed E-state index contributed by atoms with van der Waals surface area (Å²) in [7, 11) is 0. The predicted octanol–water partition coefficient (Wildman–Crippen LogP) is 2.99. The second-order valence-electron chi connectivity index (χ2n) is 2.79. The molecule has 0 heterocycles. The number of phenolic OH excluding ortho intramolecular Hbond substituents is 1. The second kappa shape index (κ2) is 3.96. The lowest BCUT2D eigenvalue weighted by atomic mass is 10.1. The van der Waals surface area contributed by atoms with Crippen molar-refractivity contribution in [2.24, 2.45) is 0 Å². The summed E-state index contributed by atoms with van der Waals surface area (Å²) in [5.74, 6) is -3.23. The fourth-order valence-corrected chi connectivity index (χ4v) is 1.07. The van der Waals surface area contributed by atoms with E-state index in [9.17, 15) is 17.6 Å². The molecule has 2 nitrogen and oxygen atoms in total. The van der Waals surface area contributed by atoms with Gasteiger partial charge in [0.15, 0.2) is 11.5 Å². The molecular weight excluding hydrogens is 216 g/mol. The average Bonchev–Trinajstić information content (AvgIpc) is 2.11. The van der Waals surface area contributed by atoms with E-state index < -0.39 is 23.7 Å². The van der Waals surface area contributed by atoms with E-state index in [-0.39, 0.29) is 5.56 Å². The number of aryl methyl sites for hydroxylation is 1. The van der Waals surface area contributed by atoms with Gasteiger partial charge in [-0.1, -0.05) is 13.0 Å². The lowest BCUT2D eigenvalue weighted by Crippen LogP contribution is -2.18. The van der Waals surface area contributed by atoms with Crippen molar-refractivity contribution in [3.63, 3.8) is 0 Å². The Balaban J connectivity index is 3.07. The molecule has 0 saturated carbocycles. The molecular formula is C9H8F4O2. The molecule has 0 fully saturated rings. The first-order valence-corrected chi connectivity index (χ1v) is 4.11. The average molecular weight is 224 g/mol. The largest absolute Gasteiger partial charge is 0.573 e. The van der Waals surface area contributed by atoms with E-state index in [2.05, 4.69) is 4.74 Å². The molecule has 1 rings (SSSR count). The number of benzene rings is 1. The van der Waals surface area contributed by atoms with Crippen LogP contribution in [0.2, 0.25) is 0 Å². The van der Waals surface area contributed by atoms with E-state index >= 15 is 0 Å². The summed E-state index contributed by atoms with van der Waals surface area (Å²) in [6, 6.07) is 2.01. The molecule has 1 aromatic carbocycles. The smallest absolute Gasteiger partial charge is 0.505 e. The van der Waals surface area contributed by atoms with Gasteiger partial charge in [0.05, 0.1) is 0 Å². The number of aromatic hydroxyl groups is 1. The highest BCUT2D eigenvalue weighted by Crippen LogP contribution is 2.32. The Morgan fingerprint density at radius 1 is 1.33 bits per heavy atom. The van der Waals surface area contributed by atoms with Crippen molar-refractivity contribution >= 4 is 0 Å². The number of ether oxygens (including phenoxy) is 1. The van der Waals surface area contributed by atoms with Gasteiger partial charge in [0.25, 0.3) is 0 Å². The SMILES string of the molecule is CCc1ccc(OC(F)(F)F)c(F)c1O. The highest BCUT2D eigenvalue weighted by atomic mass is 19.4. The third kappa shape index (κ3) is 2.74. The quantitative estimate of drug-likeness (QED) is 0.782. The summed E-state index contributed by atoms with van der Waals surface area (Å²) < 4.78 is 51.8. The molecule has 0 radical (unpaired) electrons. The maximum Gasteiger partial charge on any atom is 0.573 e. The van der Waals surface area contributed by atoms with E-state index in [1.807, 2.05) is 0 Å². The van der Waals surface area contributed by atoms with Crippen molar-refractivity contribution in [2.45, 2.75) is 19.7 Å². The summed E-state index contributed by atoms with van der Waals surface area (Å²) >= 11 is 0. The number of phenols is 1. The number of hydrogen-bond acceptors (Lipinski definition) is 2. The van der Waals surface area contributed by atoms with Crippen LogP contribution >= 0.6 is 0 Å². The molecule has 0 saturated heterocycles. The van der Waals surface area contributed by atoms with Crippen LogP contribution < -0.4 is 4.74 Å². The van der Waals surface area contributed by atoms with Crippen molar-refractivity contribution in [3.05, 3.63) is 23.5 Å². The Hall–Kier alpha value is -1.46. The van der Waals surface area contributed by atoms with Crippen molar-refractivity contribution in [1.29, 1.82) is 0 Å². The molecule has 0 atom stereocenters. The number of rotatable bonds is 2. The molecule has 0 aliphatic carbocycles. The fourth-order valence-electron chi connectivity index (χ4n) is 1.07. The summed E-state index contributed by atoms with van der Waals surface area (Å²) in [6.45, 7) is 1.64. The van der Waals surface area contributed by atoms with Gasteiger partial charge in [0.1, 0.15) is 0 Å². The van der Waals surface area contributed by atoms with Crippen LogP contribution in [0.5, 0.6) is 11.5 Å². The molecule has 0 aliphatic heterocycles. The number of hydrogen-bond donors (Lipinski definition) is 1. The van der Waals surface area contributed by atoms with Crippen LogP contribution in [-0.4, -0.2) is 11.5 Å². The van der Waals surface area contributed by atoms with Gasteiger partial charge in [-0.05, 0) is 18.1 Å².